The molecule has 0 unspecified atom stereocenters. The molecule has 0 saturated heterocycles. The quantitative estimate of drug-likeness (QED) is 0.545. The van der Waals surface area contributed by atoms with Crippen LogP contribution in [0.3, 0.4) is 0 Å². The van der Waals surface area contributed by atoms with Crippen molar-refractivity contribution >= 4 is 0 Å². The molecule has 17 heavy (non-hydrogen) atoms. The Morgan fingerprint density at radius 1 is 0.882 bits per heavy atom. The van der Waals surface area contributed by atoms with E-state index in [4.69, 9.17) is 0 Å². The average Bonchev–Trinajstić information content (AvgIpc) is 2.87. The molecule has 0 aromatic heterocycles. The van der Waals surface area contributed by atoms with Crippen molar-refractivity contribution in [3.63, 3.8) is 0 Å². The van der Waals surface area contributed by atoms with Crippen LogP contribution in [0.15, 0.2) is 43.2 Å². The molecular weight excluding hydrogens is 287 g/mol. The SMILES string of the molecule is CCC1=[C]([Ti+2][C]2=C(CC)C=CC2)CC=C1.[Cl-].[Cl-]. The van der Waals surface area contributed by atoms with E-state index >= 15 is 0 Å². The Labute approximate surface area is 126 Å². The predicted octanol–water partition coefficient (Wildman–Crippen LogP) is -1.68. The molecule has 3 heteroatoms. The number of hydrogen-bond donors (Lipinski definition) is 0. The van der Waals surface area contributed by atoms with Gasteiger partial charge in [0, 0.05) is 0 Å². The summed E-state index contributed by atoms with van der Waals surface area (Å²) in [6.07, 6.45) is 14.3. The first-order chi connectivity index (χ1) is 7.35. The molecule has 2 aliphatic carbocycles. The van der Waals surface area contributed by atoms with E-state index in [1.54, 1.807) is 18.9 Å². The van der Waals surface area contributed by atoms with Gasteiger partial charge in [-0.15, -0.1) is 0 Å². The molecule has 92 valence electrons. The maximum Gasteiger partial charge on any atom is -1.00 e. The van der Waals surface area contributed by atoms with Crippen molar-refractivity contribution in [2.24, 2.45) is 0 Å². The van der Waals surface area contributed by atoms with Gasteiger partial charge in [-0.25, -0.2) is 0 Å². The van der Waals surface area contributed by atoms with Gasteiger partial charge in [0.25, 0.3) is 0 Å². The number of hydrogen-bond acceptors (Lipinski definition) is 0. The summed E-state index contributed by atoms with van der Waals surface area (Å²) < 4.78 is 3.56. The smallest absolute Gasteiger partial charge is 1.00 e. The molecule has 0 bridgehead atoms. The van der Waals surface area contributed by atoms with Gasteiger partial charge in [-0.2, -0.15) is 0 Å². The molecule has 2 rings (SSSR count). The van der Waals surface area contributed by atoms with Crippen molar-refractivity contribution in [2.45, 2.75) is 39.5 Å². The monoisotopic (exact) mass is 304 g/mol. The zero-order chi connectivity index (χ0) is 10.7. The Bertz CT molecular complexity index is 340. The van der Waals surface area contributed by atoms with Gasteiger partial charge in [-0.3, -0.25) is 0 Å². The fraction of sp³-hybridized carbons (Fsp3) is 0.429. The third-order valence-corrected chi connectivity index (χ3v) is 5.70. The van der Waals surface area contributed by atoms with E-state index in [1.165, 1.54) is 25.7 Å². The first kappa shape index (κ1) is 17.3. The van der Waals surface area contributed by atoms with Gasteiger partial charge >= 0.3 is 102 Å². The molecule has 0 radical (unpaired) electrons. The van der Waals surface area contributed by atoms with Crippen LogP contribution < -0.4 is 24.8 Å². The molecule has 0 N–H and O–H groups in total. The second-order valence-corrected chi connectivity index (χ2v) is 6.33. The van der Waals surface area contributed by atoms with Crippen molar-refractivity contribution in [3.8, 4) is 0 Å². The summed E-state index contributed by atoms with van der Waals surface area (Å²) >= 11 is 0.0149. The van der Waals surface area contributed by atoms with Crippen molar-refractivity contribution in [1.82, 2.24) is 0 Å². The minimum atomic E-state index is 0. The predicted molar refractivity (Wildman–Crippen MR) is 62.1 cm³/mol. The van der Waals surface area contributed by atoms with E-state index in [0.717, 1.165) is 0 Å². The standard InChI is InChI=1S/2C7H9.2ClH.Ti/c2*1-2-7-5-3-4-6-7;;;/h2*3,5H,2,4H2,1H3;2*1H;/q;;;;+2/p-2. The van der Waals surface area contributed by atoms with Crippen LogP contribution in [0.2, 0.25) is 0 Å². The Kier molecular flexibility index (Phi) is 8.50. The average molecular weight is 305 g/mol. The van der Waals surface area contributed by atoms with Gasteiger partial charge in [0.15, 0.2) is 0 Å². The summed E-state index contributed by atoms with van der Waals surface area (Å²) in [6, 6.07) is 0. The van der Waals surface area contributed by atoms with E-state index in [1.807, 2.05) is 0 Å². The van der Waals surface area contributed by atoms with Gasteiger partial charge in [-0.1, -0.05) is 0 Å². The molecular formula is C14H18Cl2Ti. The van der Waals surface area contributed by atoms with Crippen molar-refractivity contribution in [3.05, 3.63) is 43.2 Å². The molecule has 0 heterocycles. The largest absolute Gasteiger partial charge is 1.00 e. The first-order valence-corrected chi connectivity index (χ1v) is 7.45. The van der Waals surface area contributed by atoms with Crippen LogP contribution in [0.1, 0.15) is 39.5 Å². The summed E-state index contributed by atoms with van der Waals surface area (Å²) in [5.41, 5.74) is 3.26. The molecule has 0 nitrogen and oxygen atoms in total. The van der Waals surface area contributed by atoms with Crippen molar-refractivity contribution in [1.29, 1.82) is 0 Å². The molecule has 0 spiro atoms. The first-order valence-electron chi connectivity index (χ1n) is 5.89. The number of allylic oxidation sites excluding steroid dienone is 8. The Balaban J connectivity index is 0.00000128. The fourth-order valence-corrected chi connectivity index (χ4v) is 4.78. The van der Waals surface area contributed by atoms with Gasteiger partial charge in [0.1, 0.15) is 0 Å². The van der Waals surface area contributed by atoms with Crippen LogP contribution in [0.5, 0.6) is 0 Å². The zero-order valence-electron chi connectivity index (χ0n) is 10.4. The molecule has 0 aromatic rings. The fourth-order valence-electron chi connectivity index (χ4n) is 2.21. The molecule has 0 amide bonds. The maximum absolute atomic E-state index is 2.34. The van der Waals surface area contributed by atoms with Crippen molar-refractivity contribution in [2.75, 3.05) is 0 Å². The second kappa shape index (κ2) is 8.37. The Morgan fingerprint density at radius 3 is 1.65 bits per heavy atom. The minimum absolute atomic E-state index is 0. The van der Waals surface area contributed by atoms with E-state index in [9.17, 15) is 0 Å². The van der Waals surface area contributed by atoms with Crippen LogP contribution in [-0.2, 0) is 19.2 Å². The van der Waals surface area contributed by atoms with Crippen LogP contribution in [0, 0.1) is 0 Å². The van der Waals surface area contributed by atoms with E-state index in [-0.39, 0.29) is 44.0 Å². The summed E-state index contributed by atoms with van der Waals surface area (Å²) in [4.78, 5) is 0. The van der Waals surface area contributed by atoms with E-state index < -0.39 is 0 Å². The van der Waals surface area contributed by atoms with Crippen molar-refractivity contribution < 1.29 is 44.0 Å². The zero-order valence-corrected chi connectivity index (χ0v) is 13.5. The van der Waals surface area contributed by atoms with Crippen LogP contribution in [0.4, 0.5) is 0 Å². The Morgan fingerprint density at radius 2 is 1.29 bits per heavy atom. The van der Waals surface area contributed by atoms with E-state index in [0.29, 0.717) is 0 Å². The summed E-state index contributed by atoms with van der Waals surface area (Å²) in [7, 11) is 0. The number of rotatable bonds is 4. The minimum Gasteiger partial charge on any atom is -1.00 e. The topological polar surface area (TPSA) is 0 Å². The third kappa shape index (κ3) is 4.14. The van der Waals surface area contributed by atoms with Gasteiger partial charge in [0.05, 0.1) is 0 Å². The normalized spacial score (nSPS) is 17.1. The van der Waals surface area contributed by atoms with Crippen LogP contribution >= 0.6 is 0 Å². The molecule has 0 fully saturated rings. The van der Waals surface area contributed by atoms with Gasteiger partial charge < -0.3 is 24.8 Å². The second-order valence-electron chi connectivity index (χ2n) is 4.05. The maximum atomic E-state index is 2.34. The molecule has 0 aromatic carbocycles. The molecule has 0 saturated carbocycles. The molecule has 2 aliphatic rings. The summed E-state index contributed by atoms with van der Waals surface area (Å²) in [5, 5.41) is 0. The third-order valence-electron chi connectivity index (χ3n) is 3.12. The van der Waals surface area contributed by atoms with Gasteiger partial charge in [0.2, 0.25) is 0 Å². The Hall–Kier alpha value is 0.254. The molecule has 0 aliphatic heterocycles. The van der Waals surface area contributed by atoms with Crippen LogP contribution in [-0.4, -0.2) is 0 Å². The summed E-state index contributed by atoms with van der Waals surface area (Å²) in [6.45, 7) is 4.55. The number of halogens is 2. The van der Waals surface area contributed by atoms with Crippen LogP contribution in [0.25, 0.3) is 0 Å². The van der Waals surface area contributed by atoms with Gasteiger partial charge in [-0.05, 0) is 0 Å². The molecule has 0 atom stereocenters. The van der Waals surface area contributed by atoms with E-state index in [2.05, 4.69) is 38.2 Å². The summed E-state index contributed by atoms with van der Waals surface area (Å²) in [5.74, 6) is 0.